The molecule has 3 rings (SSSR count). The molecule has 1 saturated carbocycles. The largest absolute Gasteiger partial charge is 0.322 e. The average molecular weight is 438 g/mol. The standard InChI is InChI=1S/C19H23N3O5S2/c1-2-12-28(24,25)21-16-8-6-15(7-9-16)20-19(23)14-4-3-5-18(13-14)29(26,27)22-17-10-11-17/h3-9,13,17,21-22H,2,10-12H2,1H3,(H,20,23). The van der Waals surface area contributed by atoms with Gasteiger partial charge in [-0.15, -0.1) is 0 Å². The van der Waals surface area contributed by atoms with Gasteiger partial charge in [0.1, 0.15) is 0 Å². The monoisotopic (exact) mass is 437 g/mol. The third kappa shape index (κ3) is 6.02. The van der Waals surface area contributed by atoms with Crippen molar-refractivity contribution in [3.63, 3.8) is 0 Å². The van der Waals surface area contributed by atoms with Crippen LogP contribution in [-0.4, -0.2) is 34.5 Å². The van der Waals surface area contributed by atoms with Crippen LogP contribution >= 0.6 is 0 Å². The summed E-state index contributed by atoms with van der Waals surface area (Å²) in [6.07, 6.45) is 2.16. The van der Waals surface area contributed by atoms with Crippen LogP contribution in [0, 0.1) is 0 Å². The van der Waals surface area contributed by atoms with Gasteiger partial charge in [-0.2, -0.15) is 0 Å². The van der Waals surface area contributed by atoms with Gasteiger partial charge in [-0.3, -0.25) is 9.52 Å². The van der Waals surface area contributed by atoms with E-state index >= 15 is 0 Å². The number of amides is 1. The minimum atomic E-state index is -3.65. The first-order valence-corrected chi connectivity index (χ1v) is 12.4. The highest BCUT2D eigenvalue weighted by Crippen LogP contribution is 2.23. The molecule has 156 valence electrons. The third-order valence-corrected chi connectivity index (χ3v) is 7.21. The fourth-order valence-corrected chi connectivity index (χ4v) is 5.10. The van der Waals surface area contributed by atoms with Crippen LogP contribution in [0.3, 0.4) is 0 Å². The van der Waals surface area contributed by atoms with Crippen molar-refractivity contribution in [2.45, 2.75) is 37.1 Å². The number of carbonyl (C=O) groups excluding carboxylic acids is 1. The average Bonchev–Trinajstić information content (AvgIpc) is 3.46. The molecule has 1 amide bonds. The van der Waals surface area contributed by atoms with Gasteiger partial charge in [0.15, 0.2) is 0 Å². The zero-order valence-electron chi connectivity index (χ0n) is 15.9. The Bertz CT molecular complexity index is 1090. The summed E-state index contributed by atoms with van der Waals surface area (Å²) < 4.78 is 53.3. The van der Waals surface area contributed by atoms with Crippen molar-refractivity contribution in [3.8, 4) is 0 Å². The van der Waals surface area contributed by atoms with Crippen LogP contribution in [0.2, 0.25) is 0 Å². The number of sulfonamides is 2. The zero-order valence-corrected chi connectivity index (χ0v) is 17.5. The molecule has 29 heavy (non-hydrogen) atoms. The highest BCUT2D eigenvalue weighted by Gasteiger charge is 2.28. The molecular formula is C19H23N3O5S2. The molecule has 1 aliphatic carbocycles. The summed E-state index contributed by atoms with van der Waals surface area (Å²) in [7, 11) is -7.04. The van der Waals surface area contributed by atoms with Crippen molar-refractivity contribution in [1.82, 2.24) is 4.72 Å². The lowest BCUT2D eigenvalue weighted by Gasteiger charge is -2.10. The van der Waals surface area contributed by atoms with Crippen molar-refractivity contribution in [3.05, 3.63) is 54.1 Å². The van der Waals surface area contributed by atoms with E-state index in [1.54, 1.807) is 31.2 Å². The Morgan fingerprint density at radius 3 is 2.28 bits per heavy atom. The fourth-order valence-electron chi connectivity index (χ4n) is 2.62. The lowest BCUT2D eigenvalue weighted by molar-refractivity contribution is 0.102. The van der Waals surface area contributed by atoms with E-state index in [-0.39, 0.29) is 22.3 Å². The predicted octanol–water partition coefficient (Wildman–Crippen LogP) is 2.53. The Morgan fingerprint density at radius 2 is 1.66 bits per heavy atom. The van der Waals surface area contributed by atoms with Crippen molar-refractivity contribution in [1.29, 1.82) is 0 Å². The lowest BCUT2D eigenvalue weighted by Crippen LogP contribution is -2.26. The van der Waals surface area contributed by atoms with Gasteiger partial charge < -0.3 is 5.32 Å². The maximum Gasteiger partial charge on any atom is 0.255 e. The summed E-state index contributed by atoms with van der Waals surface area (Å²) >= 11 is 0. The molecule has 0 saturated heterocycles. The number of carbonyl (C=O) groups is 1. The molecule has 0 unspecified atom stereocenters. The van der Waals surface area contributed by atoms with E-state index in [1.807, 2.05) is 0 Å². The SMILES string of the molecule is CCCS(=O)(=O)Nc1ccc(NC(=O)c2cccc(S(=O)(=O)NC3CC3)c2)cc1. The summed E-state index contributed by atoms with van der Waals surface area (Å²) in [5.41, 5.74) is 1.06. The predicted molar refractivity (Wildman–Crippen MR) is 112 cm³/mol. The van der Waals surface area contributed by atoms with E-state index in [9.17, 15) is 21.6 Å². The first-order chi connectivity index (χ1) is 13.7. The number of hydrogen-bond donors (Lipinski definition) is 3. The molecular weight excluding hydrogens is 414 g/mol. The highest BCUT2D eigenvalue weighted by atomic mass is 32.2. The second-order valence-electron chi connectivity index (χ2n) is 6.88. The Labute approximate surface area is 170 Å². The Balaban J connectivity index is 1.68. The zero-order chi connectivity index (χ0) is 21.1. The van der Waals surface area contributed by atoms with Gasteiger partial charge in [-0.25, -0.2) is 21.6 Å². The molecule has 0 aromatic heterocycles. The maximum absolute atomic E-state index is 12.5. The van der Waals surface area contributed by atoms with Crippen LogP contribution < -0.4 is 14.8 Å². The highest BCUT2D eigenvalue weighted by molar-refractivity contribution is 7.92. The number of nitrogens with one attached hydrogen (secondary N) is 3. The van der Waals surface area contributed by atoms with Crippen molar-refractivity contribution in [2.75, 3.05) is 15.8 Å². The minimum Gasteiger partial charge on any atom is -0.322 e. The lowest BCUT2D eigenvalue weighted by atomic mass is 10.2. The minimum absolute atomic E-state index is 0.0225. The Hall–Kier alpha value is -2.43. The van der Waals surface area contributed by atoms with Gasteiger partial charge in [0.25, 0.3) is 5.91 Å². The molecule has 0 bridgehead atoms. The smallest absolute Gasteiger partial charge is 0.255 e. The number of benzene rings is 2. The summed E-state index contributed by atoms with van der Waals surface area (Å²) in [6, 6.07) is 12.0. The van der Waals surface area contributed by atoms with E-state index in [1.165, 1.54) is 24.3 Å². The van der Waals surface area contributed by atoms with Crippen LogP contribution in [0.25, 0.3) is 0 Å². The van der Waals surface area contributed by atoms with Crippen LogP contribution in [0.4, 0.5) is 11.4 Å². The molecule has 10 heteroatoms. The van der Waals surface area contributed by atoms with E-state index in [0.29, 0.717) is 17.8 Å². The van der Waals surface area contributed by atoms with Crippen LogP contribution in [-0.2, 0) is 20.0 Å². The molecule has 3 N–H and O–H groups in total. The molecule has 1 fully saturated rings. The fraction of sp³-hybridized carbons (Fsp3) is 0.316. The first-order valence-electron chi connectivity index (χ1n) is 9.23. The quantitative estimate of drug-likeness (QED) is 0.557. The Kier molecular flexibility index (Phi) is 6.25. The van der Waals surface area contributed by atoms with Gasteiger partial charge in [0.2, 0.25) is 20.0 Å². The van der Waals surface area contributed by atoms with E-state index in [4.69, 9.17) is 0 Å². The van der Waals surface area contributed by atoms with Crippen LogP contribution in [0.15, 0.2) is 53.4 Å². The molecule has 0 heterocycles. The van der Waals surface area contributed by atoms with Gasteiger partial charge in [0.05, 0.1) is 10.6 Å². The Morgan fingerprint density at radius 1 is 1.00 bits per heavy atom. The van der Waals surface area contributed by atoms with E-state index in [0.717, 1.165) is 12.8 Å². The van der Waals surface area contributed by atoms with Gasteiger partial charge in [-0.1, -0.05) is 13.0 Å². The van der Waals surface area contributed by atoms with E-state index < -0.39 is 26.0 Å². The van der Waals surface area contributed by atoms with E-state index in [2.05, 4.69) is 14.8 Å². The summed E-state index contributed by atoms with van der Waals surface area (Å²) in [6.45, 7) is 1.78. The van der Waals surface area contributed by atoms with Crippen molar-refractivity contribution in [2.24, 2.45) is 0 Å². The molecule has 0 aliphatic heterocycles. The second kappa shape index (κ2) is 8.52. The molecule has 2 aromatic rings. The number of hydrogen-bond acceptors (Lipinski definition) is 5. The van der Waals surface area contributed by atoms with Gasteiger partial charge >= 0.3 is 0 Å². The molecule has 0 spiro atoms. The second-order valence-corrected chi connectivity index (χ2v) is 10.4. The molecule has 2 aromatic carbocycles. The maximum atomic E-state index is 12.5. The molecule has 0 radical (unpaired) electrons. The van der Waals surface area contributed by atoms with Gasteiger partial charge in [-0.05, 0) is 61.7 Å². The molecule has 0 atom stereocenters. The topological polar surface area (TPSA) is 121 Å². The summed E-state index contributed by atoms with van der Waals surface area (Å²) in [5, 5.41) is 2.67. The molecule has 8 nitrogen and oxygen atoms in total. The van der Waals surface area contributed by atoms with Crippen LogP contribution in [0.5, 0.6) is 0 Å². The summed E-state index contributed by atoms with van der Waals surface area (Å²) in [5.74, 6) is -0.437. The van der Waals surface area contributed by atoms with Crippen molar-refractivity contribution >= 4 is 37.3 Å². The normalized spacial score (nSPS) is 14.4. The molecule has 1 aliphatic rings. The number of rotatable bonds is 9. The summed E-state index contributed by atoms with van der Waals surface area (Å²) in [4.78, 5) is 12.5. The third-order valence-electron chi connectivity index (χ3n) is 4.19. The van der Waals surface area contributed by atoms with Gasteiger partial charge in [0, 0.05) is 23.0 Å². The van der Waals surface area contributed by atoms with Crippen LogP contribution in [0.1, 0.15) is 36.5 Å². The van der Waals surface area contributed by atoms with Crippen molar-refractivity contribution < 1.29 is 21.6 Å². The first kappa shape index (κ1) is 21.3. The number of anilines is 2.